The van der Waals surface area contributed by atoms with E-state index >= 15 is 13.2 Å². The largest absolute Gasteiger partial charge is 0.488 e. The number of ether oxygens (including phenoxy) is 1. The molecule has 2 aliphatic heterocycles. The third-order valence-electron chi connectivity index (χ3n) is 8.06. The standard InChI is InChI=1S/C29H31F4N3O2/c1-16-11-21-20-5-2-3-6-24(20)34-27(21)28(36(16)29(37)26(33)17-7-8-17)25-22(31)12-18(13-23(25)32)38-19-14-35(15-19)10-4-9-30/h2-3,5-6,12-13,16-17,19,26,28,34H,4,7-11,14-15H2,1H3/t16-,26?,28-/m1/s1. The van der Waals surface area contributed by atoms with E-state index in [-0.39, 0.29) is 30.0 Å². The second-order valence-corrected chi connectivity index (χ2v) is 10.8. The highest BCUT2D eigenvalue weighted by atomic mass is 19.1. The predicted molar refractivity (Wildman–Crippen MR) is 136 cm³/mol. The van der Waals surface area contributed by atoms with Crippen molar-refractivity contribution < 1.29 is 27.1 Å². The van der Waals surface area contributed by atoms with Crippen LogP contribution in [0.1, 0.15) is 49.0 Å². The summed E-state index contributed by atoms with van der Waals surface area (Å²) >= 11 is 0. The summed E-state index contributed by atoms with van der Waals surface area (Å²) in [6.07, 6.45) is 0.230. The Hall–Kier alpha value is -3.07. The van der Waals surface area contributed by atoms with Crippen LogP contribution in [-0.4, -0.2) is 65.3 Å². The number of nitrogens with one attached hydrogen (secondary N) is 1. The summed E-state index contributed by atoms with van der Waals surface area (Å²) in [6, 6.07) is 8.25. The number of likely N-dealkylation sites (tertiary alicyclic amines) is 1. The average Bonchev–Trinajstić information content (AvgIpc) is 3.65. The van der Waals surface area contributed by atoms with E-state index in [4.69, 9.17) is 4.74 Å². The van der Waals surface area contributed by atoms with Crippen molar-refractivity contribution in [3.05, 3.63) is 64.9 Å². The first kappa shape index (κ1) is 25.2. The summed E-state index contributed by atoms with van der Waals surface area (Å²) in [4.78, 5) is 20.1. The predicted octanol–water partition coefficient (Wildman–Crippen LogP) is 5.48. The van der Waals surface area contributed by atoms with Crippen LogP contribution >= 0.6 is 0 Å². The van der Waals surface area contributed by atoms with Crippen molar-refractivity contribution in [1.29, 1.82) is 0 Å². The summed E-state index contributed by atoms with van der Waals surface area (Å²) in [5.41, 5.74) is 1.89. The molecule has 0 radical (unpaired) electrons. The van der Waals surface area contributed by atoms with Gasteiger partial charge in [0.25, 0.3) is 5.91 Å². The number of hydrogen-bond donors (Lipinski definition) is 1. The molecule has 3 aromatic rings. The van der Waals surface area contributed by atoms with Gasteiger partial charge in [0.05, 0.1) is 12.2 Å². The Labute approximate surface area is 218 Å². The van der Waals surface area contributed by atoms with Crippen molar-refractivity contribution in [3.8, 4) is 5.75 Å². The van der Waals surface area contributed by atoms with Gasteiger partial charge in [0.1, 0.15) is 29.5 Å². The number of aromatic amines is 1. The van der Waals surface area contributed by atoms with Gasteiger partial charge in [0.15, 0.2) is 6.17 Å². The van der Waals surface area contributed by atoms with Crippen LogP contribution in [0.2, 0.25) is 0 Å². The minimum Gasteiger partial charge on any atom is -0.488 e. The lowest BCUT2D eigenvalue weighted by molar-refractivity contribution is -0.142. The van der Waals surface area contributed by atoms with E-state index in [0.29, 0.717) is 51.0 Å². The van der Waals surface area contributed by atoms with Crippen molar-refractivity contribution in [2.75, 3.05) is 26.3 Å². The van der Waals surface area contributed by atoms with Gasteiger partial charge in [-0.3, -0.25) is 14.1 Å². The Bertz CT molecular complexity index is 1330. The number of para-hydroxylation sites is 1. The maximum Gasteiger partial charge on any atom is 0.258 e. The minimum atomic E-state index is -1.70. The number of fused-ring (bicyclic) bond motifs is 3. The summed E-state index contributed by atoms with van der Waals surface area (Å²) < 4.78 is 64.9. The Morgan fingerprint density at radius 1 is 1.16 bits per heavy atom. The molecule has 0 bridgehead atoms. The summed E-state index contributed by atoms with van der Waals surface area (Å²) in [7, 11) is 0. The van der Waals surface area contributed by atoms with Gasteiger partial charge in [-0.25, -0.2) is 13.2 Å². The number of amides is 1. The number of benzene rings is 2. The number of nitrogens with zero attached hydrogens (tertiary/aromatic N) is 2. The lowest BCUT2D eigenvalue weighted by atomic mass is 9.87. The Kier molecular flexibility index (Phi) is 6.58. The molecule has 2 fully saturated rings. The monoisotopic (exact) mass is 529 g/mol. The van der Waals surface area contributed by atoms with Crippen LogP contribution < -0.4 is 4.74 Å². The Balaban J connectivity index is 1.36. The maximum absolute atomic E-state index is 15.8. The number of aromatic nitrogens is 1. The van der Waals surface area contributed by atoms with Gasteiger partial charge in [-0.1, -0.05) is 18.2 Å². The quantitative estimate of drug-likeness (QED) is 0.393. The molecule has 0 spiro atoms. The molecule has 38 heavy (non-hydrogen) atoms. The maximum atomic E-state index is 15.8. The second-order valence-electron chi connectivity index (χ2n) is 10.8. The van der Waals surface area contributed by atoms with E-state index in [1.807, 2.05) is 29.2 Å². The molecule has 3 heterocycles. The fraction of sp³-hybridized carbons (Fsp3) is 0.483. The van der Waals surface area contributed by atoms with Crippen molar-refractivity contribution >= 4 is 16.8 Å². The smallest absolute Gasteiger partial charge is 0.258 e. The molecule has 9 heteroatoms. The molecule has 1 aliphatic carbocycles. The minimum absolute atomic E-state index is 0.0545. The van der Waals surface area contributed by atoms with E-state index in [1.165, 1.54) is 4.90 Å². The van der Waals surface area contributed by atoms with Gasteiger partial charge in [-0.15, -0.1) is 0 Å². The molecule has 3 aliphatic rings. The number of H-pyrrole nitrogens is 1. The molecule has 1 saturated heterocycles. The van der Waals surface area contributed by atoms with Crippen LogP contribution in [0.15, 0.2) is 36.4 Å². The lowest BCUT2D eigenvalue weighted by Gasteiger charge is -2.42. The first-order valence-corrected chi connectivity index (χ1v) is 13.3. The summed E-state index contributed by atoms with van der Waals surface area (Å²) in [5, 5.41) is 0.925. The summed E-state index contributed by atoms with van der Waals surface area (Å²) in [5.74, 6) is -2.71. The van der Waals surface area contributed by atoms with Crippen molar-refractivity contribution in [1.82, 2.24) is 14.8 Å². The van der Waals surface area contributed by atoms with E-state index in [9.17, 15) is 9.18 Å². The van der Waals surface area contributed by atoms with Crippen molar-refractivity contribution in [2.24, 2.45) is 5.92 Å². The van der Waals surface area contributed by atoms with Crippen molar-refractivity contribution in [2.45, 2.75) is 57.0 Å². The molecule has 6 rings (SSSR count). The lowest BCUT2D eigenvalue weighted by Crippen LogP contribution is -2.53. The SMILES string of the molecule is C[C@@H]1Cc2c([nH]c3ccccc23)[C@@H](c2c(F)cc(OC3CN(CCCF)C3)cc2F)N1C(=O)C(F)C1CC1. The number of carbonyl (C=O) groups excluding carboxylic acids is 1. The molecular weight excluding hydrogens is 498 g/mol. The highest BCUT2D eigenvalue weighted by molar-refractivity contribution is 5.88. The van der Waals surface area contributed by atoms with E-state index in [2.05, 4.69) is 4.98 Å². The van der Waals surface area contributed by atoms with E-state index < -0.39 is 35.8 Å². The number of alkyl halides is 2. The Morgan fingerprint density at radius 3 is 2.55 bits per heavy atom. The van der Waals surface area contributed by atoms with Gasteiger partial charge in [0.2, 0.25) is 0 Å². The number of hydrogen-bond acceptors (Lipinski definition) is 3. The molecule has 1 amide bonds. The van der Waals surface area contributed by atoms with Gasteiger partial charge in [-0.2, -0.15) is 0 Å². The third kappa shape index (κ3) is 4.44. The fourth-order valence-corrected chi connectivity index (χ4v) is 5.97. The van der Waals surface area contributed by atoms with Crippen LogP contribution in [-0.2, 0) is 11.2 Å². The highest BCUT2D eigenvalue weighted by Gasteiger charge is 2.46. The third-order valence-corrected chi connectivity index (χ3v) is 8.06. The highest BCUT2D eigenvalue weighted by Crippen LogP contribution is 2.45. The molecule has 1 unspecified atom stereocenters. The molecule has 5 nitrogen and oxygen atoms in total. The fourth-order valence-electron chi connectivity index (χ4n) is 5.97. The van der Waals surface area contributed by atoms with Crippen molar-refractivity contribution in [3.63, 3.8) is 0 Å². The van der Waals surface area contributed by atoms with Crippen LogP contribution in [0.4, 0.5) is 17.6 Å². The van der Waals surface area contributed by atoms with Gasteiger partial charge >= 0.3 is 0 Å². The topological polar surface area (TPSA) is 48.6 Å². The van der Waals surface area contributed by atoms with Crippen LogP contribution in [0.3, 0.4) is 0 Å². The molecule has 1 saturated carbocycles. The van der Waals surface area contributed by atoms with Crippen LogP contribution in [0, 0.1) is 17.6 Å². The molecular formula is C29H31F4N3O2. The number of halogens is 4. The van der Waals surface area contributed by atoms with E-state index in [0.717, 1.165) is 28.6 Å². The zero-order valence-corrected chi connectivity index (χ0v) is 21.2. The first-order chi connectivity index (χ1) is 18.4. The summed E-state index contributed by atoms with van der Waals surface area (Å²) in [6.45, 7) is 3.15. The Morgan fingerprint density at radius 2 is 1.87 bits per heavy atom. The molecule has 2 aromatic carbocycles. The van der Waals surface area contributed by atoms with Gasteiger partial charge < -0.3 is 14.6 Å². The number of carbonyl (C=O) groups is 1. The first-order valence-electron chi connectivity index (χ1n) is 13.3. The molecule has 202 valence electrons. The van der Waals surface area contributed by atoms with Gasteiger partial charge in [-0.05, 0) is 50.2 Å². The van der Waals surface area contributed by atoms with Gasteiger partial charge in [0, 0.05) is 54.4 Å². The molecule has 1 N–H and O–H groups in total. The zero-order chi connectivity index (χ0) is 26.6. The van der Waals surface area contributed by atoms with Crippen LogP contribution in [0.5, 0.6) is 5.75 Å². The van der Waals surface area contributed by atoms with E-state index in [1.54, 1.807) is 6.92 Å². The normalized spacial score (nSPS) is 22.8. The van der Waals surface area contributed by atoms with Crippen LogP contribution in [0.25, 0.3) is 10.9 Å². The average molecular weight is 530 g/mol. The number of rotatable bonds is 8. The molecule has 1 aromatic heterocycles. The molecule has 3 atom stereocenters. The second kappa shape index (κ2) is 9.91. The zero-order valence-electron chi connectivity index (χ0n) is 21.2.